The van der Waals surface area contributed by atoms with Crippen LogP contribution in [-0.2, 0) is 9.53 Å². The van der Waals surface area contributed by atoms with Crippen LogP contribution in [0.15, 0.2) is 60.8 Å². The number of methoxy groups -OCH3 is 4. The van der Waals surface area contributed by atoms with E-state index in [2.05, 4.69) is 20.4 Å². The van der Waals surface area contributed by atoms with Gasteiger partial charge in [0.15, 0.2) is 11.5 Å². The zero-order valence-corrected chi connectivity index (χ0v) is 21.0. The standard InChI is InChI=1S/C27H28N4O6/c1-34-22-15-19(16-23(35-2)26(22)37-4)29-18-9-8-17-11-13-31(21(17)14-18)24-7-5-6-20(30-24)27(33)28-12-10-25(32)36-3/h5-9,11,13-16,29H,10,12H2,1-4H3,(H,28,33). The van der Waals surface area contributed by atoms with Crippen molar-refractivity contribution in [3.8, 4) is 23.1 Å². The molecule has 2 aromatic heterocycles. The van der Waals surface area contributed by atoms with Crippen LogP contribution in [-0.4, -0.2) is 56.4 Å². The molecule has 0 unspecified atom stereocenters. The fraction of sp³-hybridized carbons (Fsp3) is 0.222. The SMILES string of the molecule is COC(=O)CCNC(=O)c1cccc(-n2ccc3ccc(Nc4cc(OC)c(OC)c(OC)c4)cc32)n1. The first kappa shape index (κ1) is 25.4. The van der Waals surface area contributed by atoms with E-state index >= 15 is 0 Å². The molecule has 10 nitrogen and oxygen atoms in total. The van der Waals surface area contributed by atoms with Crippen LogP contribution in [0.25, 0.3) is 16.7 Å². The van der Waals surface area contributed by atoms with Crippen molar-refractivity contribution in [3.63, 3.8) is 0 Å². The van der Waals surface area contributed by atoms with E-state index in [1.807, 2.05) is 53.2 Å². The van der Waals surface area contributed by atoms with Crippen molar-refractivity contribution >= 4 is 34.2 Å². The van der Waals surface area contributed by atoms with Crippen LogP contribution in [0, 0.1) is 0 Å². The summed E-state index contributed by atoms with van der Waals surface area (Å²) < 4.78 is 22.8. The number of hydrogen-bond donors (Lipinski definition) is 2. The molecule has 0 bridgehead atoms. The lowest BCUT2D eigenvalue weighted by molar-refractivity contribution is -0.140. The van der Waals surface area contributed by atoms with Crippen molar-refractivity contribution in [2.24, 2.45) is 0 Å². The second kappa shape index (κ2) is 11.3. The van der Waals surface area contributed by atoms with Crippen molar-refractivity contribution in [1.82, 2.24) is 14.9 Å². The number of pyridine rings is 1. The third-order valence-electron chi connectivity index (χ3n) is 5.70. The summed E-state index contributed by atoms with van der Waals surface area (Å²) in [4.78, 5) is 28.3. The molecular formula is C27H28N4O6. The molecular weight excluding hydrogens is 476 g/mol. The van der Waals surface area contributed by atoms with Gasteiger partial charge in [-0.3, -0.25) is 9.59 Å². The highest BCUT2D eigenvalue weighted by Crippen LogP contribution is 2.40. The van der Waals surface area contributed by atoms with E-state index in [0.717, 1.165) is 22.3 Å². The average Bonchev–Trinajstić information content (AvgIpc) is 3.35. The lowest BCUT2D eigenvalue weighted by Gasteiger charge is -2.15. The number of fused-ring (bicyclic) bond motifs is 1. The van der Waals surface area contributed by atoms with Crippen LogP contribution in [0.3, 0.4) is 0 Å². The molecule has 2 aromatic carbocycles. The molecule has 0 aliphatic carbocycles. The monoisotopic (exact) mass is 504 g/mol. The third kappa shape index (κ3) is 5.58. The quantitative estimate of drug-likeness (QED) is 0.311. The highest BCUT2D eigenvalue weighted by molar-refractivity contribution is 5.93. The molecule has 0 aliphatic rings. The van der Waals surface area contributed by atoms with Crippen LogP contribution in [0.4, 0.5) is 11.4 Å². The summed E-state index contributed by atoms with van der Waals surface area (Å²) in [6.07, 6.45) is 1.99. The normalized spacial score (nSPS) is 10.6. The van der Waals surface area contributed by atoms with E-state index < -0.39 is 5.97 Å². The van der Waals surface area contributed by atoms with E-state index in [1.54, 1.807) is 33.5 Å². The van der Waals surface area contributed by atoms with Crippen LogP contribution in [0.2, 0.25) is 0 Å². The summed E-state index contributed by atoms with van der Waals surface area (Å²) in [6.45, 7) is 0.166. The molecule has 0 saturated carbocycles. The molecule has 0 saturated heterocycles. The van der Waals surface area contributed by atoms with Gasteiger partial charge in [-0.15, -0.1) is 0 Å². The molecule has 0 atom stereocenters. The zero-order valence-electron chi connectivity index (χ0n) is 21.0. The first-order chi connectivity index (χ1) is 18.0. The van der Waals surface area contributed by atoms with Gasteiger partial charge < -0.3 is 34.1 Å². The van der Waals surface area contributed by atoms with E-state index in [9.17, 15) is 9.59 Å². The maximum absolute atomic E-state index is 12.5. The van der Waals surface area contributed by atoms with E-state index in [0.29, 0.717) is 23.1 Å². The van der Waals surface area contributed by atoms with Gasteiger partial charge in [-0.2, -0.15) is 0 Å². The Morgan fingerprint density at radius 1 is 0.892 bits per heavy atom. The van der Waals surface area contributed by atoms with Crippen molar-refractivity contribution < 1.29 is 28.5 Å². The van der Waals surface area contributed by atoms with Crippen molar-refractivity contribution in [2.45, 2.75) is 6.42 Å². The summed E-state index contributed by atoms with van der Waals surface area (Å²) in [5, 5.41) is 7.07. The Balaban J connectivity index is 1.60. The Hall–Kier alpha value is -4.73. The highest BCUT2D eigenvalue weighted by atomic mass is 16.5. The molecule has 2 heterocycles. The molecule has 2 N–H and O–H groups in total. The smallest absolute Gasteiger partial charge is 0.307 e. The fourth-order valence-corrected chi connectivity index (χ4v) is 3.88. The van der Waals surface area contributed by atoms with E-state index in [4.69, 9.17) is 14.2 Å². The number of amides is 1. The Morgan fingerprint density at radius 2 is 1.65 bits per heavy atom. The first-order valence-electron chi connectivity index (χ1n) is 11.5. The number of benzene rings is 2. The summed E-state index contributed by atoms with van der Waals surface area (Å²) in [6, 6.07) is 16.8. The van der Waals surface area contributed by atoms with Crippen LogP contribution >= 0.6 is 0 Å². The summed E-state index contributed by atoms with van der Waals surface area (Å²) in [5.74, 6) is 1.42. The van der Waals surface area contributed by atoms with Crippen molar-refractivity contribution in [1.29, 1.82) is 0 Å². The van der Waals surface area contributed by atoms with E-state index in [-0.39, 0.29) is 24.6 Å². The van der Waals surface area contributed by atoms with Gasteiger partial charge in [0.1, 0.15) is 11.5 Å². The van der Waals surface area contributed by atoms with Crippen molar-refractivity contribution in [2.75, 3.05) is 40.3 Å². The van der Waals surface area contributed by atoms with Gasteiger partial charge >= 0.3 is 5.97 Å². The van der Waals surface area contributed by atoms with Gasteiger partial charge in [0, 0.05) is 41.6 Å². The number of carbonyl (C=O) groups is 2. The second-order valence-corrected chi connectivity index (χ2v) is 7.96. The van der Waals surface area contributed by atoms with Crippen LogP contribution in [0.5, 0.6) is 17.2 Å². The number of hydrogen-bond acceptors (Lipinski definition) is 8. The van der Waals surface area contributed by atoms with Gasteiger partial charge in [0.05, 0.1) is 40.4 Å². The molecule has 4 rings (SSSR count). The molecule has 10 heteroatoms. The van der Waals surface area contributed by atoms with Crippen LogP contribution < -0.4 is 24.8 Å². The first-order valence-corrected chi connectivity index (χ1v) is 11.5. The minimum Gasteiger partial charge on any atom is -0.493 e. The fourth-order valence-electron chi connectivity index (χ4n) is 3.88. The van der Waals surface area contributed by atoms with E-state index in [1.165, 1.54) is 7.11 Å². The molecule has 4 aromatic rings. The third-order valence-corrected chi connectivity index (χ3v) is 5.70. The predicted octanol–water partition coefficient (Wildman–Crippen LogP) is 4.09. The van der Waals surface area contributed by atoms with Gasteiger partial charge in [-0.1, -0.05) is 12.1 Å². The lowest BCUT2D eigenvalue weighted by atomic mass is 10.2. The number of aromatic nitrogens is 2. The van der Waals surface area contributed by atoms with Gasteiger partial charge in [-0.05, 0) is 30.3 Å². The topological polar surface area (TPSA) is 113 Å². The Labute approximate surface area is 214 Å². The summed E-state index contributed by atoms with van der Waals surface area (Å²) in [7, 11) is 6.01. The van der Waals surface area contributed by atoms with Gasteiger partial charge in [0.2, 0.25) is 5.75 Å². The number of nitrogens with zero attached hydrogens (tertiary/aromatic N) is 2. The number of carbonyl (C=O) groups excluding carboxylic acids is 2. The molecule has 0 radical (unpaired) electrons. The van der Waals surface area contributed by atoms with Gasteiger partial charge in [-0.25, -0.2) is 4.98 Å². The number of nitrogens with one attached hydrogen (secondary N) is 2. The maximum Gasteiger partial charge on any atom is 0.307 e. The number of esters is 1. The maximum atomic E-state index is 12.5. The lowest BCUT2D eigenvalue weighted by Crippen LogP contribution is -2.27. The Bertz CT molecular complexity index is 1410. The van der Waals surface area contributed by atoms with Crippen molar-refractivity contribution in [3.05, 3.63) is 66.5 Å². The highest BCUT2D eigenvalue weighted by Gasteiger charge is 2.14. The average molecular weight is 505 g/mol. The molecule has 192 valence electrons. The second-order valence-electron chi connectivity index (χ2n) is 7.96. The number of rotatable bonds is 10. The molecule has 1 amide bonds. The predicted molar refractivity (Wildman–Crippen MR) is 139 cm³/mol. The molecule has 0 fully saturated rings. The van der Waals surface area contributed by atoms with Crippen LogP contribution in [0.1, 0.15) is 16.9 Å². The zero-order chi connectivity index (χ0) is 26.4. The molecule has 0 aliphatic heterocycles. The Kier molecular flexibility index (Phi) is 7.77. The summed E-state index contributed by atoms with van der Waals surface area (Å²) in [5.41, 5.74) is 2.73. The summed E-state index contributed by atoms with van der Waals surface area (Å²) >= 11 is 0. The minimum absolute atomic E-state index is 0.0892. The number of ether oxygens (including phenoxy) is 4. The van der Waals surface area contributed by atoms with Gasteiger partial charge in [0.25, 0.3) is 5.91 Å². The largest absolute Gasteiger partial charge is 0.493 e. The Morgan fingerprint density at radius 3 is 2.32 bits per heavy atom. The molecule has 37 heavy (non-hydrogen) atoms. The number of anilines is 2. The minimum atomic E-state index is -0.392. The molecule has 0 spiro atoms.